The molecule has 2 aromatic carbocycles. The summed E-state index contributed by atoms with van der Waals surface area (Å²) in [7, 11) is 0. The average molecular weight is 347 g/mol. The molecule has 0 radical (unpaired) electrons. The quantitative estimate of drug-likeness (QED) is 0.809. The molecule has 0 atom stereocenters. The molecule has 0 saturated carbocycles. The van der Waals surface area contributed by atoms with Crippen LogP contribution in [-0.4, -0.2) is 36.2 Å². The van der Waals surface area contributed by atoms with Gasteiger partial charge in [-0.05, 0) is 61.2 Å². The highest BCUT2D eigenvalue weighted by Gasteiger charge is 2.33. The lowest BCUT2D eigenvalue weighted by Gasteiger charge is -2.38. The van der Waals surface area contributed by atoms with Gasteiger partial charge in [0.05, 0.1) is 12.2 Å². The number of aliphatic hydroxyl groups is 1. The third-order valence-electron chi connectivity index (χ3n) is 4.77. The molecule has 1 aliphatic heterocycles. The Labute approximate surface area is 146 Å². The zero-order valence-electron chi connectivity index (χ0n) is 14.1. The second-order valence-electron chi connectivity index (χ2n) is 6.54. The SMILES string of the molecule is OC1(c2ccc(F)cc2)CCN(CCCOc2ccc(F)cc2)CC1. The van der Waals surface area contributed by atoms with Crippen molar-refractivity contribution in [2.24, 2.45) is 0 Å². The zero-order valence-corrected chi connectivity index (χ0v) is 14.1. The van der Waals surface area contributed by atoms with E-state index in [1.165, 1.54) is 24.3 Å². The largest absolute Gasteiger partial charge is 0.494 e. The first-order valence-electron chi connectivity index (χ1n) is 8.64. The summed E-state index contributed by atoms with van der Waals surface area (Å²) in [6.45, 7) is 3.06. The number of hydrogen-bond acceptors (Lipinski definition) is 3. The van der Waals surface area contributed by atoms with Crippen LogP contribution in [0.3, 0.4) is 0 Å². The monoisotopic (exact) mass is 347 g/mol. The molecule has 0 aromatic heterocycles. The van der Waals surface area contributed by atoms with Gasteiger partial charge in [0, 0.05) is 19.6 Å². The van der Waals surface area contributed by atoms with Gasteiger partial charge in [0.1, 0.15) is 17.4 Å². The number of ether oxygens (including phenoxy) is 1. The maximum Gasteiger partial charge on any atom is 0.123 e. The van der Waals surface area contributed by atoms with E-state index in [2.05, 4.69) is 4.90 Å². The van der Waals surface area contributed by atoms with Gasteiger partial charge in [0.25, 0.3) is 0 Å². The van der Waals surface area contributed by atoms with E-state index in [-0.39, 0.29) is 11.6 Å². The van der Waals surface area contributed by atoms with Crippen molar-refractivity contribution in [3.05, 3.63) is 65.7 Å². The molecule has 1 aliphatic rings. The Kier molecular flexibility index (Phi) is 5.66. The van der Waals surface area contributed by atoms with Crippen LogP contribution in [0.4, 0.5) is 8.78 Å². The number of halogens is 2. The fourth-order valence-corrected chi connectivity index (χ4v) is 3.20. The highest BCUT2D eigenvalue weighted by atomic mass is 19.1. The van der Waals surface area contributed by atoms with Crippen LogP contribution in [0.25, 0.3) is 0 Å². The summed E-state index contributed by atoms with van der Waals surface area (Å²) in [5.41, 5.74) is -0.0809. The number of nitrogens with zero attached hydrogens (tertiary/aromatic N) is 1. The molecule has 0 aliphatic carbocycles. The molecule has 5 heteroatoms. The van der Waals surface area contributed by atoms with Gasteiger partial charge in [-0.25, -0.2) is 8.78 Å². The van der Waals surface area contributed by atoms with Crippen LogP contribution < -0.4 is 4.74 Å². The lowest BCUT2D eigenvalue weighted by Crippen LogP contribution is -2.43. The Bertz CT molecular complexity index is 665. The van der Waals surface area contributed by atoms with Gasteiger partial charge < -0.3 is 14.7 Å². The fourth-order valence-electron chi connectivity index (χ4n) is 3.20. The maximum atomic E-state index is 13.0. The van der Waals surface area contributed by atoms with Crippen molar-refractivity contribution in [3.8, 4) is 5.75 Å². The Balaban J connectivity index is 1.40. The van der Waals surface area contributed by atoms with Crippen LogP contribution in [-0.2, 0) is 5.60 Å². The van der Waals surface area contributed by atoms with Crippen LogP contribution in [0.15, 0.2) is 48.5 Å². The van der Waals surface area contributed by atoms with Gasteiger partial charge in [-0.15, -0.1) is 0 Å². The number of piperidine rings is 1. The molecular weight excluding hydrogens is 324 g/mol. The molecule has 3 nitrogen and oxygen atoms in total. The first kappa shape index (κ1) is 17.8. The lowest BCUT2D eigenvalue weighted by atomic mass is 9.84. The van der Waals surface area contributed by atoms with E-state index < -0.39 is 5.60 Å². The van der Waals surface area contributed by atoms with Crippen LogP contribution in [0.2, 0.25) is 0 Å². The molecule has 1 N–H and O–H groups in total. The summed E-state index contributed by atoms with van der Waals surface area (Å²) in [6.07, 6.45) is 2.14. The van der Waals surface area contributed by atoms with E-state index in [0.717, 1.165) is 31.6 Å². The summed E-state index contributed by atoms with van der Waals surface area (Å²) in [6, 6.07) is 12.1. The van der Waals surface area contributed by atoms with E-state index in [9.17, 15) is 13.9 Å². The van der Waals surface area contributed by atoms with Crippen molar-refractivity contribution in [3.63, 3.8) is 0 Å². The van der Waals surface area contributed by atoms with Crippen LogP contribution in [0.5, 0.6) is 5.75 Å². The van der Waals surface area contributed by atoms with Gasteiger partial charge in [0.15, 0.2) is 0 Å². The molecule has 1 fully saturated rings. The van der Waals surface area contributed by atoms with Gasteiger partial charge in [0.2, 0.25) is 0 Å². The fraction of sp³-hybridized carbons (Fsp3) is 0.400. The highest BCUT2D eigenvalue weighted by molar-refractivity contribution is 5.24. The molecule has 25 heavy (non-hydrogen) atoms. The highest BCUT2D eigenvalue weighted by Crippen LogP contribution is 2.32. The van der Waals surface area contributed by atoms with Crippen molar-refractivity contribution >= 4 is 0 Å². The maximum absolute atomic E-state index is 13.0. The number of benzene rings is 2. The second-order valence-corrected chi connectivity index (χ2v) is 6.54. The summed E-state index contributed by atoms with van der Waals surface area (Å²) in [5, 5.41) is 10.8. The number of hydrogen-bond donors (Lipinski definition) is 1. The average Bonchev–Trinajstić information content (AvgIpc) is 2.62. The van der Waals surface area contributed by atoms with Crippen molar-refractivity contribution in [1.82, 2.24) is 4.90 Å². The predicted octanol–water partition coefficient (Wildman–Crippen LogP) is 3.72. The molecular formula is C20H23F2NO2. The Morgan fingerprint density at radius 3 is 2.08 bits per heavy atom. The summed E-state index contributed by atoms with van der Waals surface area (Å²) < 4.78 is 31.5. The number of rotatable bonds is 6. The first-order valence-corrected chi connectivity index (χ1v) is 8.64. The topological polar surface area (TPSA) is 32.7 Å². The van der Waals surface area contributed by atoms with E-state index in [0.29, 0.717) is 25.2 Å². The minimum Gasteiger partial charge on any atom is -0.494 e. The third kappa shape index (κ3) is 4.77. The Morgan fingerprint density at radius 2 is 1.48 bits per heavy atom. The molecule has 3 rings (SSSR count). The van der Waals surface area contributed by atoms with Crippen LogP contribution in [0.1, 0.15) is 24.8 Å². The summed E-state index contributed by atoms with van der Waals surface area (Å²) >= 11 is 0. The van der Waals surface area contributed by atoms with E-state index >= 15 is 0 Å². The lowest BCUT2D eigenvalue weighted by molar-refractivity contribution is -0.0265. The first-order chi connectivity index (χ1) is 12.0. The molecule has 0 bridgehead atoms. The summed E-state index contributed by atoms with van der Waals surface area (Å²) in [4.78, 5) is 2.30. The molecule has 0 spiro atoms. The van der Waals surface area contributed by atoms with E-state index in [1.54, 1.807) is 24.3 Å². The predicted molar refractivity (Wildman–Crippen MR) is 92.5 cm³/mol. The van der Waals surface area contributed by atoms with Crippen LogP contribution in [0, 0.1) is 11.6 Å². The third-order valence-corrected chi connectivity index (χ3v) is 4.77. The van der Waals surface area contributed by atoms with Gasteiger partial charge >= 0.3 is 0 Å². The minimum atomic E-state index is -0.866. The molecule has 2 aromatic rings. The zero-order chi connectivity index (χ0) is 17.7. The van der Waals surface area contributed by atoms with Gasteiger partial charge in [-0.2, -0.15) is 0 Å². The molecule has 1 saturated heterocycles. The number of likely N-dealkylation sites (tertiary alicyclic amines) is 1. The van der Waals surface area contributed by atoms with Crippen LogP contribution >= 0.6 is 0 Å². The molecule has 0 unspecified atom stereocenters. The molecule has 1 heterocycles. The van der Waals surface area contributed by atoms with E-state index in [4.69, 9.17) is 4.74 Å². The van der Waals surface area contributed by atoms with Crippen molar-refractivity contribution in [1.29, 1.82) is 0 Å². The standard InChI is InChI=1S/C20H23F2NO2/c21-17-4-2-16(3-5-17)20(24)10-13-23(14-11-20)12-1-15-25-19-8-6-18(22)7-9-19/h2-9,24H,1,10-15H2. The smallest absolute Gasteiger partial charge is 0.123 e. The molecule has 0 amide bonds. The Hall–Kier alpha value is -1.98. The normalized spacial score (nSPS) is 17.4. The van der Waals surface area contributed by atoms with Crippen molar-refractivity contribution in [2.45, 2.75) is 24.9 Å². The van der Waals surface area contributed by atoms with Crippen molar-refractivity contribution < 1.29 is 18.6 Å². The van der Waals surface area contributed by atoms with Gasteiger partial charge in [-0.3, -0.25) is 0 Å². The van der Waals surface area contributed by atoms with Crippen molar-refractivity contribution in [2.75, 3.05) is 26.2 Å². The second kappa shape index (κ2) is 7.93. The minimum absolute atomic E-state index is 0.269. The molecule has 134 valence electrons. The van der Waals surface area contributed by atoms with E-state index in [1.807, 2.05) is 0 Å². The summed E-state index contributed by atoms with van der Waals surface area (Å²) in [5.74, 6) is 0.117. The van der Waals surface area contributed by atoms with Gasteiger partial charge in [-0.1, -0.05) is 12.1 Å². The Morgan fingerprint density at radius 1 is 0.920 bits per heavy atom.